The molecule has 8 rings (SSSR count). The van der Waals surface area contributed by atoms with Gasteiger partial charge in [0.05, 0.1) is 25.1 Å². The number of thiazole rings is 1. The summed E-state index contributed by atoms with van der Waals surface area (Å²) < 4.78 is 0. The maximum absolute atomic E-state index is 14.3. The maximum Gasteiger partial charge on any atom is 0.245 e. The molecule has 0 saturated heterocycles. The Bertz CT molecular complexity index is 2350. The molecule has 0 radical (unpaired) electrons. The van der Waals surface area contributed by atoms with Gasteiger partial charge in [-0.05, 0) is 66.1 Å². The number of hydrogen-bond acceptors (Lipinski definition) is 10. The zero-order chi connectivity index (χ0) is 35.4. The minimum Gasteiger partial charge on any atom is -0.372 e. The van der Waals surface area contributed by atoms with Crippen LogP contribution in [0.15, 0.2) is 78.6 Å². The molecule has 2 aromatic heterocycles. The van der Waals surface area contributed by atoms with Gasteiger partial charge in [0.2, 0.25) is 5.91 Å². The van der Waals surface area contributed by atoms with E-state index in [0.717, 1.165) is 57.2 Å². The normalized spacial score (nSPS) is 18.6. The molecule has 10 nitrogen and oxygen atoms in total. The summed E-state index contributed by atoms with van der Waals surface area (Å²) in [5, 5.41) is 7.12. The van der Waals surface area contributed by atoms with E-state index in [9.17, 15) is 14.4 Å². The van der Waals surface area contributed by atoms with E-state index in [-0.39, 0.29) is 30.7 Å². The van der Waals surface area contributed by atoms with Crippen molar-refractivity contribution in [3.8, 4) is 22.4 Å². The van der Waals surface area contributed by atoms with E-state index in [4.69, 9.17) is 4.98 Å². The third-order valence-corrected chi connectivity index (χ3v) is 11.1. The van der Waals surface area contributed by atoms with Crippen molar-refractivity contribution in [2.75, 3.05) is 46.3 Å². The number of nitrogens with zero attached hydrogens (tertiary/aromatic N) is 6. The highest BCUT2D eigenvalue weighted by molar-refractivity contribution is 7.14. The van der Waals surface area contributed by atoms with Crippen LogP contribution in [0.4, 0.5) is 22.3 Å². The number of carbonyl (C=O) groups excluding carboxylic acids is 3. The average Bonchev–Trinajstić information content (AvgIpc) is 3.77. The van der Waals surface area contributed by atoms with Crippen molar-refractivity contribution in [3.63, 3.8) is 0 Å². The number of fused-ring (bicyclic) bond motifs is 6. The van der Waals surface area contributed by atoms with Crippen molar-refractivity contribution in [1.82, 2.24) is 15.0 Å². The Kier molecular flexibility index (Phi) is 8.02. The molecule has 2 aliphatic carbocycles. The number of Topliss-reactive ketones (excluding diaryl/α,β-unsaturated/α-hetero) is 2. The highest BCUT2D eigenvalue weighted by Gasteiger charge is 2.50. The van der Waals surface area contributed by atoms with Crippen LogP contribution in [-0.2, 0) is 15.1 Å². The summed E-state index contributed by atoms with van der Waals surface area (Å²) in [6.07, 6.45) is 6.81. The van der Waals surface area contributed by atoms with E-state index >= 15 is 0 Å². The van der Waals surface area contributed by atoms with Crippen LogP contribution in [0.25, 0.3) is 34.5 Å². The quantitative estimate of drug-likeness (QED) is 0.233. The minimum atomic E-state index is -1.13. The summed E-state index contributed by atoms with van der Waals surface area (Å²) >= 11 is 1.38. The third kappa shape index (κ3) is 5.31. The Balaban J connectivity index is 1.07. The second-order valence-corrected chi connectivity index (χ2v) is 14.1. The molecule has 0 fully saturated rings. The fourth-order valence-corrected chi connectivity index (χ4v) is 8.47. The number of carbonyl (C=O) groups is 3. The van der Waals surface area contributed by atoms with Crippen LogP contribution in [0.3, 0.4) is 0 Å². The minimum absolute atomic E-state index is 0.00636. The zero-order valence-corrected chi connectivity index (χ0v) is 29.7. The summed E-state index contributed by atoms with van der Waals surface area (Å²) in [5.41, 5.74) is 5.79. The van der Waals surface area contributed by atoms with Gasteiger partial charge in [-0.25, -0.2) is 15.0 Å². The lowest BCUT2D eigenvalue weighted by molar-refractivity contribution is -0.126. The molecule has 1 N–H and O–H groups in total. The molecule has 3 aliphatic rings. The fraction of sp³-hybridized carbons (Fsp3) is 0.250. The molecule has 3 heterocycles. The third-order valence-electron chi connectivity index (χ3n) is 10.4. The molecule has 11 heteroatoms. The number of hydrogen-bond donors (Lipinski definition) is 1. The van der Waals surface area contributed by atoms with Gasteiger partial charge in [-0.1, -0.05) is 61.5 Å². The summed E-state index contributed by atoms with van der Waals surface area (Å²) in [6, 6.07) is 19.9. The van der Waals surface area contributed by atoms with Crippen LogP contribution in [0.1, 0.15) is 43.6 Å². The van der Waals surface area contributed by atoms with Gasteiger partial charge in [0.25, 0.3) is 0 Å². The van der Waals surface area contributed by atoms with E-state index in [0.29, 0.717) is 22.2 Å². The van der Waals surface area contributed by atoms with E-state index in [1.54, 1.807) is 12.3 Å². The number of benzene rings is 3. The Morgan fingerprint density at radius 2 is 1.76 bits per heavy atom. The van der Waals surface area contributed by atoms with Crippen LogP contribution in [-0.4, -0.2) is 58.7 Å². The molecule has 3 aromatic carbocycles. The molecular formula is C40H37N7O3S. The van der Waals surface area contributed by atoms with Gasteiger partial charge in [0.15, 0.2) is 22.5 Å². The predicted octanol–water partition coefficient (Wildman–Crippen LogP) is 5.23. The van der Waals surface area contributed by atoms with Gasteiger partial charge < -0.3 is 20.0 Å². The molecule has 2 atom stereocenters. The highest BCUT2D eigenvalue weighted by Crippen LogP contribution is 2.44. The number of nitrogens with one attached hydrogen (secondary N) is 1. The Morgan fingerprint density at radius 1 is 1.00 bits per heavy atom. The largest absolute Gasteiger partial charge is 0.372 e. The topological polar surface area (TPSA) is 112 Å². The van der Waals surface area contributed by atoms with Crippen molar-refractivity contribution >= 4 is 63.3 Å². The van der Waals surface area contributed by atoms with Crippen LogP contribution < -0.4 is 30.5 Å². The molecular weight excluding hydrogens is 659 g/mol. The highest BCUT2D eigenvalue weighted by atomic mass is 32.1. The SMILES string of the molecule is CCN(CC)c1ccc(-c2csc(NC(=O)CN3CN(C4(C)C(=O)C(C)C=c5c4ccc4c5=CC(=O)c5ccccc5-4)c4ncncc43)n2)cc1. The van der Waals surface area contributed by atoms with Gasteiger partial charge in [0.1, 0.15) is 17.6 Å². The molecule has 0 bridgehead atoms. The number of aromatic nitrogens is 3. The fourth-order valence-electron chi connectivity index (χ4n) is 7.73. The lowest BCUT2D eigenvalue weighted by Crippen LogP contribution is -2.59. The first-order valence-electron chi connectivity index (χ1n) is 17.2. The Morgan fingerprint density at radius 3 is 2.53 bits per heavy atom. The number of ketones is 2. The smallest absolute Gasteiger partial charge is 0.245 e. The standard InChI is InChI=1S/C40H37N7O3S/c1-5-45(6-2)26-13-11-25(12-14-26)33-21-51-39(43-33)44-36(49)20-46-23-47(38-34(46)19-41-22-42-38)40(4)32-16-15-28-27-9-7-8-10-29(27)35(48)18-30(28)31(32)17-24(3)37(40)50/h7-19,21-22,24H,5-6,20,23H2,1-4H3,(H,43,44,49). The molecule has 1 aliphatic heterocycles. The summed E-state index contributed by atoms with van der Waals surface area (Å²) in [5.74, 6) is -0.143. The predicted molar refractivity (Wildman–Crippen MR) is 202 cm³/mol. The van der Waals surface area contributed by atoms with Crippen molar-refractivity contribution in [2.24, 2.45) is 5.92 Å². The monoisotopic (exact) mass is 695 g/mol. The van der Waals surface area contributed by atoms with E-state index in [1.807, 2.05) is 71.5 Å². The number of rotatable bonds is 8. The first-order valence-corrected chi connectivity index (χ1v) is 18.1. The van der Waals surface area contributed by atoms with Crippen molar-refractivity contribution in [1.29, 1.82) is 0 Å². The lowest BCUT2D eigenvalue weighted by Gasteiger charge is -2.42. The van der Waals surface area contributed by atoms with Gasteiger partial charge in [-0.3, -0.25) is 14.4 Å². The summed E-state index contributed by atoms with van der Waals surface area (Å²) in [7, 11) is 0. The Labute approximate surface area is 299 Å². The van der Waals surface area contributed by atoms with Gasteiger partial charge >= 0.3 is 0 Å². The molecule has 51 heavy (non-hydrogen) atoms. The van der Waals surface area contributed by atoms with Crippen LogP contribution >= 0.6 is 11.3 Å². The van der Waals surface area contributed by atoms with Crippen molar-refractivity contribution < 1.29 is 14.4 Å². The van der Waals surface area contributed by atoms with Gasteiger partial charge in [-0.2, -0.15) is 0 Å². The molecule has 5 aromatic rings. The van der Waals surface area contributed by atoms with E-state index in [2.05, 4.69) is 58.3 Å². The van der Waals surface area contributed by atoms with E-state index < -0.39 is 11.5 Å². The molecule has 1 amide bonds. The first kappa shape index (κ1) is 32.5. The van der Waals surface area contributed by atoms with Gasteiger partial charge in [-0.15, -0.1) is 11.3 Å². The second-order valence-electron chi connectivity index (χ2n) is 13.2. The average molecular weight is 696 g/mol. The van der Waals surface area contributed by atoms with Crippen molar-refractivity contribution in [2.45, 2.75) is 33.2 Å². The maximum atomic E-state index is 14.3. The van der Waals surface area contributed by atoms with Crippen LogP contribution in [0, 0.1) is 5.92 Å². The Hall–Kier alpha value is -5.68. The van der Waals surface area contributed by atoms with Crippen molar-refractivity contribution in [3.05, 3.63) is 100 Å². The van der Waals surface area contributed by atoms with Crippen LogP contribution in [0.5, 0.6) is 0 Å². The van der Waals surface area contributed by atoms with Crippen LogP contribution in [0.2, 0.25) is 0 Å². The van der Waals surface area contributed by atoms with E-state index in [1.165, 1.54) is 17.7 Å². The first-order chi connectivity index (χ1) is 24.7. The number of amides is 1. The summed E-state index contributed by atoms with van der Waals surface area (Å²) in [4.78, 5) is 60.8. The lowest BCUT2D eigenvalue weighted by atomic mass is 9.73. The number of anilines is 4. The zero-order valence-electron chi connectivity index (χ0n) is 28.9. The molecule has 2 unspecified atom stereocenters. The molecule has 256 valence electrons. The molecule has 0 spiro atoms. The summed E-state index contributed by atoms with van der Waals surface area (Å²) in [6.45, 7) is 10.2. The molecule has 0 saturated carbocycles. The second kappa shape index (κ2) is 12.6. The van der Waals surface area contributed by atoms with Gasteiger partial charge in [0, 0.05) is 41.2 Å².